The van der Waals surface area contributed by atoms with E-state index >= 15 is 0 Å². The molecule has 1 aromatic heterocycles. The van der Waals surface area contributed by atoms with Crippen molar-refractivity contribution < 1.29 is 4.57 Å². The zero-order chi connectivity index (χ0) is 17.3. The maximum Gasteiger partial charge on any atom is 0.213 e. The molecule has 0 amide bonds. The Bertz CT molecular complexity index is 1020. The Balaban J connectivity index is 1.68. The van der Waals surface area contributed by atoms with Crippen LogP contribution in [0.2, 0.25) is 0 Å². The summed E-state index contributed by atoms with van der Waals surface area (Å²) in [4.78, 5) is 2.31. The van der Waals surface area contributed by atoms with Gasteiger partial charge in [0, 0.05) is 34.8 Å². The van der Waals surface area contributed by atoms with Gasteiger partial charge in [-0.3, -0.25) is 0 Å². The third-order valence-corrected chi connectivity index (χ3v) is 4.94. The fourth-order valence-electron chi connectivity index (χ4n) is 3.72. The SMILES string of the molecule is c1ccc(N(c2ccccc2)c2ccc3c(c2)-c2cccc[n+]2C3)cc1. The minimum Gasteiger partial charge on any atom is -0.310 e. The molecule has 0 radical (unpaired) electrons. The van der Waals surface area contributed by atoms with Gasteiger partial charge >= 0.3 is 0 Å². The summed E-state index contributed by atoms with van der Waals surface area (Å²) in [6.45, 7) is 0.947. The van der Waals surface area contributed by atoms with Crippen LogP contribution in [0.4, 0.5) is 17.1 Å². The molecule has 26 heavy (non-hydrogen) atoms. The van der Waals surface area contributed by atoms with Gasteiger partial charge in [0.25, 0.3) is 0 Å². The monoisotopic (exact) mass is 335 g/mol. The molecule has 124 valence electrons. The van der Waals surface area contributed by atoms with Crippen molar-refractivity contribution >= 4 is 17.1 Å². The zero-order valence-electron chi connectivity index (χ0n) is 14.4. The number of hydrogen-bond donors (Lipinski definition) is 0. The second-order valence-electron chi connectivity index (χ2n) is 6.56. The minimum atomic E-state index is 0.947. The van der Waals surface area contributed by atoms with Crippen LogP contribution in [0, 0.1) is 0 Å². The summed E-state index contributed by atoms with van der Waals surface area (Å²) in [5, 5.41) is 0. The van der Waals surface area contributed by atoms with Crippen molar-refractivity contribution in [2.45, 2.75) is 6.54 Å². The van der Waals surface area contributed by atoms with Crippen molar-refractivity contribution in [2.75, 3.05) is 4.90 Å². The Morgan fingerprint density at radius 2 is 1.27 bits per heavy atom. The van der Waals surface area contributed by atoms with Crippen LogP contribution in [0.5, 0.6) is 0 Å². The minimum absolute atomic E-state index is 0.947. The lowest BCUT2D eigenvalue weighted by Gasteiger charge is -2.25. The fourth-order valence-corrected chi connectivity index (χ4v) is 3.72. The number of aromatic nitrogens is 1. The molecule has 0 spiro atoms. The molecule has 2 nitrogen and oxygen atoms in total. The van der Waals surface area contributed by atoms with Gasteiger partial charge in [-0.1, -0.05) is 36.4 Å². The number of benzene rings is 3. The van der Waals surface area contributed by atoms with Gasteiger partial charge in [0.05, 0.1) is 5.56 Å². The molecule has 0 bridgehead atoms. The van der Waals surface area contributed by atoms with Crippen molar-refractivity contribution in [2.24, 2.45) is 0 Å². The highest BCUT2D eigenvalue weighted by Crippen LogP contribution is 2.38. The van der Waals surface area contributed by atoms with Crippen LogP contribution in [0.3, 0.4) is 0 Å². The molecule has 3 aromatic carbocycles. The molecule has 0 atom stereocenters. The molecule has 4 aromatic rings. The number of fused-ring (bicyclic) bond motifs is 3. The number of para-hydroxylation sites is 2. The first-order valence-electron chi connectivity index (χ1n) is 8.92. The van der Waals surface area contributed by atoms with E-state index in [4.69, 9.17) is 0 Å². The lowest BCUT2D eigenvalue weighted by atomic mass is 10.0. The third kappa shape index (κ3) is 2.47. The first-order chi connectivity index (χ1) is 12.9. The highest BCUT2D eigenvalue weighted by Gasteiger charge is 2.26. The Morgan fingerprint density at radius 3 is 1.96 bits per heavy atom. The Kier molecular flexibility index (Phi) is 3.53. The van der Waals surface area contributed by atoms with Gasteiger partial charge in [-0.05, 0) is 48.5 Å². The van der Waals surface area contributed by atoms with Crippen molar-refractivity contribution in [1.29, 1.82) is 0 Å². The number of nitrogens with zero attached hydrogens (tertiary/aromatic N) is 2. The summed E-state index contributed by atoms with van der Waals surface area (Å²) in [5.74, 6) is 0. The number of hydrogen-bond acceptors (Lipinski definition) is 1. The molecular formula is C24H19N2+. The van der Waals surface area contributed by atoms with Gasteiger partial charge in [0.15, 0.2) is 12.7 Å². The quantitative estimate of drug-likeness (QED) is 0.396. The topological polar surface area (TPSA) is 7.12 Å². The van der Waals surface area contributed by atoms with E-state index in [1.165, 1.54) is 22.5 Å². The van der Waals surface area contributed by atoms with E-state index in [9.17, 15) is 0 Å². The Labute approximate surface area is 153 Å². The van der Waals surface area contributed by atoms with Gasteiger partial charge in [-0.15, -0.1) is 0 Å². The van der Waals surface area contributed by atoms with Gasteiger partial charge in [-0.2, -0.15) is 4.57 Å². The number of anilines is 3. The predicted octanol–water partition coefficient (Wildman–Crippen LogP) is 5.47. The van der Waals surface area contributed by atoms with Gasteiger partial charge < -0.3 is 4.90 Å². The molecule has 0 unspecified atom stereocenters. The van der Waals surface area contributed by atoms with E-state index in [0.717, 1.165) is 17.9 Å². The van der Waals surface area contributed by atoms with Gasteiger partial charge in [0.2, 0.25) is 5.69 Å². The molecule has 2 heterocycles. The summed E-state index contributed by atoms with van der Waals surface area (Å²) >= 11 is 0. The molecule has 1 aliphatic heterocycles. The zero-order valence-corrected chi connectivity index (χ0v) is 14.4. The average molecular weight is 335 g/mol. The summed E-state index contributed by atoms with van der Waals surface area (Å²) < 4.78 is 2.31. The number of pyridine rings is 1. The third-order valence-electron chi connectivity index (χ3n) is 4.94. The smallest absolute Gasteiger partial charge is 0.213 e. The van der Waals surface area contributed by atoms with Crippen molar-refractivity contribution in [3.05, 3.63) is 109 Å². The normalized spacial score (nSPS) is 11.7. The molecular weight excluding hydrogens is 316 g/mol. The molecule has 0 saturated carbocycles. The molecule has 0 N–H and O–H groups in total. The van der Waals surface area contributed by atoms with Crippen LogP contribution in [0.15, 0.2) is 103 Å². The molecule has 0 fully saturated rings. The molecule has 1 aliphatic rings. The standard InChI is InChI=1S/C24H19N2/c1-3-9-20(10-4-1)26(21-11-5-2-6-12-21)22-15-14-19-18-25-16-8-7-13-24(25)23(19)17-22/h1-17H,18H2/q+1. The summed E-state index contributed by atoms with van der Waals surface area (Å²) in [5.41, 5.74) is 7.49. The van der Waals surface area contributed by atoms with Crippen LogP contribution in [0.1, 0.15) is 5.56 Å². The highest BCUT2D eigenvalue weighted by molar-refractivity contribution is 5.80. The van der Waals surface area contributed by atoms with Crippen LogP contribution >= 0.6 is 0 Å². The van der Waals surface area contributed by atoms with E-state index < -0.39 is 0 Å². The average Bonchev–Trinajstić information content (AvgIpc) is 3.08. The maximum absolute atomic E-state index is 2.31. The Hall–Kier alpha value is -3.39. The lowest BCUT2D eigenvalue weighted by Crippen LogP contribution is -2.31. The van der Waals surface area contributed by atoms with Crippen molar-refractivity contribution in [3.63, 3.8) is 0 Å². The molecule has 2 heteroatoms. The second kappa shape index (κ2) is 6.16. The largest absolute Gasteiger partial charge is 0.310 e. The first-order valence-corrected chi connectivity index (χ1v) is 8.92. The number of rotatable bonds is 3. The predicted molar refractivity (Wildman–Crippen MR) is 106 cm³/mol. The van der Waals surface area contributed by atoms with E-state index in [1.54, 1.807) is 0 Å². The van der Waals surface area contributed by atoms with E-state index in [-0.39, 0.29) is 0 Å². The Morgan fingerprint density at radius 1 is 0.615 bits per heavy atom. The molecule has 5 rings (SSSR count). The summed E-state index contributed by atoms with van der Waals surface area (Å²) in [6.07, 6.45) is 2.15. The van der Waals surface area contributed by atoms with Crippen LogP contribution in [-0.2, 0) is 6.54 Å². The van der Waals surface area contributed by atoms with Crippen LogP contribution in [0.25, 0.3) is 11.3 Å². The molecule has 0 saturated heterocycles. The second-order valence-corrected chi connectivity index (χ2v) is 6.56. The first kappa shape index (κ1) is 14.9. The fraction of sp³-hybridized carbons (Fsp3) is 0.0417. The van der Waals surface area contributed by atoms with E-state index in [2.05, 4.69) is 113 Å². The van der Waals surface area contributed by atoms with Crippen LogP contribution in [-0.4, -0.2) is 0 Å². The molecule has 0 aliphatic carbocycles. The van der Waals surface area contributed by atoms with E-state index in [1.807, 2.05) is 0 Å². The maximum atomic E-state index is 2.31. The van der Waals surface area contributed by atoms with Crippen molar-refractivity contribution in [3.8, 4) is 11.3 Å². The lowest BCUT2D eigenvalue weighted by molar-refractivity contribution is -0.672. The summed E-state index contributed by atoms with van der Waals surface area (Å²) in [7, 11) is 0. The van der Waals surface area contributed by atoms with E-state index in [0.29, 0.717) is 0 Å². The van der Waals surface area contributed by atoms with Gasteiger partial charge in [-0.25, -0.2) is 0 Å². The van der Waals surface area contributed by atoms with Gasteiger partial charge in [0.1, 0.15) is 0 Å². The van der Waals surface area contributed by atoms with Crippen LogP contribution < -0.4 is 9.47 Å². The highest BCUT2D eigenvalue weighted by atomic mass is 15.1. The van der Waals surface area contributed by atoms with Crippen molar-refractivity contribution in [1.82, 2.24) is 0 Å². The summed E-state index contributed by atoms with van der Waals surface area (Å²) in [6, 6.07) is 34.3.